The van der Waals surface area contributed by atoms with E-state index in [1.165, 1.54) is 10.4 Å². The Balaban J connectivity index is 1.37. The van der Waals surface area contributed by atoms with Crippen LogP contribution in [0, 0.1) is 6.92 Å². The normalized spacial score (nSPS) is 11.1. The summed E-state index contributed by atoms with van der Waals surface area (Å²) in [6.07, 6.45) is 0.949. The second kappa shape index (κ2) is 8.11. The summed E-state index contributed by atoms with van der Waals surface area (Å²) >= 11 is 5.07. The van der Waals surface area contributed by atoms with Gasteiger partial charge < -0.3 is 0 Å². The van der Waals surface area contributed by atoms with Crippen LogP contribution < -0.4 is 0 Å². The smallest absolute Gasteiger partial charge is 0.209 e. The second-order valence-corrected chi connectivity index (χ2v) is 8.65. The van der Waals surface area contributed by atoms with Crippen LogP contribution in [0.15, 0.2) is 52.3 Å². The molecule has 0 N–H and O–H groups in total. The first-order valence-electron chi connectivity index (χ1n) is 8.21. The third kappa shape index (κ3) is 4.20. The van der Waals surface area contributed by atoms with E-state index in [-0.39, 0.29) is 0 Å². The van der Waals surface area contributed by atoms with Crippen molar-refractivity contribution < 1.29 is 0 Å². The number of thiophene rings is 1. The van der Waals surface area contributed by atoms with Crippen molar-refractivity contribution in [1.29, 1.82) is 0 Å². The van der Waals surface area contributed by atoms with Crippen LogP contribution in [0.5, 0.6) is 0 Å². The van der Waals surface area contributed by atoms with Gasteiger partial charge in [-0.15, -0.1) is 27.8 Å². The highest BCUT2D eigenvalue weighted by atomic mass is 32.2. The zero-order chi connectivity index (χ0) is 17.8. The van der Waals surface area contributed by atoms with E-state index >= 15 is 0 Å². The fourth-order valence-electron chi connectivity index (χ4n) is 2.45. The van der Waals surface area contributed by atoms with Crippen molar-refractivity contribution in [2.75, 3.05) is 0 Å². The van der Waals surface area contributed by atoms with E-state index in [1.807, 2.05) is 4.68 Å². The number of thiazole rings is 1. The minimum Gasteiger partial charge on any atom is -0.240 e. The van der Waals surface area contributed by atoms with Gasteiger partial charge in [-0.2, -0.15) is 0 Å². The van der Waals surface area contributed by atoms with Gasteiger partial charge in [0.1, 0.15) is 5.01 Å². The summed E-state index contributed by atoms with van der Waals surface area (Å²) in [7, 11) is 0. The Morgan fingerprint density at radius 3 is 2.81 bits per heavy atom. The van der Waals surface area contributed by atoms with Crippen molar-refractivity contribution in [3.05, 3.63) is 63.3 Å². The molecule has 0 aliphatic rings. The number of nitrogens with zero attached hydrogens (tertiary/aromatic N) is 5. The highest BCUT2D eigenvalue weighted by Gasteiger charge is 2.10. The van der Waals surface area contributed by atoms with Crippen molar-refractivity contribution in [1.82, 2.24) is 25.2 Å². The van der Waals surface area contributed by atoms with Crippen LogP contribution in [0.25, 0.3) is 10.6 Å². The Morgan fingerprint density at radius 2 is 2.00 bits per heavy atom. The summed E-state index contributed by atoms with van der Waals surface area (Å²) in [5.74, 6) is 0.766. The molecule has 8 heteroatoms. The molecule has 4 rings (SSSR count). The zero-order valence-electron chi connectivity index (χ0n) is 14.2. The number of benzene rings is 1. The van der Waals surface area contributed by atoms with Gasteiger partial charge in [0.15, 0.2) is 0 Å². The molecule has 1 aromatic carbocycles. The fourth-order valence-corrected chi connectivity index (χ4v) is 4.88. The van der Waals surface area contributed by atoms with E-state index in [1.54, 1.807) is 34.4 Å². The van der Waals surface area contributed by atoms with Crippen LogP contribution in [-0.4, -0.2) is 25.2 Å². The Hall–Kier alpha value is -2.03. The molecule has 0 fully saturated rings. The largest absolute Gasteiger partial charge is 0.240 e. The lowest BCUT2D eigenvalue weighted by molar-refractivity contribution is 0.550. The van der Waals surface area contributed by atoms with Crippen LogP contribution in [-0.2, 0) is 18.7 Å². The molecule has 0 bridgehead atoms. The maximum Gasteiger partial charge on any atom is 0.209 e. The predicted octanol–water partition coefficient (Wildman–Crippen LogP) is 4.70. The first-order valence-corrected chi connectivity index (χ1v) is 11.0. The Kier molecular flexibility index (Phi) is 5.42. The van der Waals surface area contributed by atoms with Gasteiger partial charge >= 0.3 is 0 Å². The van der Waals surface area contributed by atoms with Gasteiger partial charge in [0, 0.05) is 28.0 Å². The topological polar surface area (TPSA) is 56.5 Å². The summed E-state index contributed by atoms with van der Waals surface area (Å²) in [5, 5.41) is 18.2. The summed E-state index contributed by atoms with van der Waals surface area (Å²) < 4.78 is 1.87. The first kappa shape index (κ1) is 17.4. The highest BCUT2D eigenvalue weighted by molar-refractivity contribution is 7.98. The molecule has 3 aromatic heterocycles. The van der Waals surface area contributed by atoms with Crippen LogP contribution in [0.1, 0.15) is 16.1 Å². The summed E-state index contributed by atoms with van der Waals surface area (Å²) in [6.45, 7) is 2.89. The van der Waals surface area contributed by atoms with Crippen molar-refractivity contribution in [2.45, 2.75) is 30.8 Å². The number of aromatic nitrogens is 5. The quantitative estimate of drug-likeness (QED) is 0.422. The lowest BCUT2D eigenvalue weighted by Gasteiger charge is -2.02. The van der Waals surface area contributed by atoms with Gasteiger partial charge in [-0.1, -0.05) is 47.7 Å². The SMILES string of the molecule is Cc1ccc(-c2nc(CSc3nnnn3CCc3cccs3)cs2)cc1. The molecule has 0 atom stereocenters. The predicted molar refractivity (Wildman–Crippen MR) is 108 cm³/mol. The Morgan fingerprint density at radius 1 is 1.12 bits per heavy atom. The Bertz CT molecular complexity index is 957. The minimum absolute atomic E-state index is 0.766. The molecular formula is C18H17N5S3. The molecule has 0 spiro atoms. The summed E-state index contributed by atoms with van der Waals surface area (Å²) in [4.78, 5) is 6.09. The molecule has 26 heavy (non-hydrogen) atoms. The molecule has 5 nitrogen and oxygen atoms in total. The molecule has 0 radical (unpaired) electrons. The van der Waals surface area contributed by atoms with E-state index in [0.717, 1.165) is 40.1 Å². The molecule has 3 heterocycles. The molecule has 0 aliphatic carbocycles. The van der Waals surface area contributed by atoms with Crippen molar-refractivity contribution in [3.63, 3.8) is 0 Å². The fraction of sp³-hybridized carbons (Fsp3) is 0.222. The average Bonchev–Trinajstić information content (AvgIpc) is 3.40. The number of thioether (sulfide) groups is 1. The van der Waals surface area contributed by atoms with Gasteiger partial charge in [0.25, 0.3) is 0 Å². The van der Waals surface area contributed by atoms with Gasteiger partial charge in [0.2, 0.25) is 5.16 Å². The lowest BCUT2D eigenvalue weighted by Crippen LogP contribution is -2.04. The van der Waals surface area contributed by atoms with E-state index in [2.05, 4.69) is 69.6 Å². The first-order chi connectivity index (χ1) is 12.8. The van der Waals surface area contributed by atoms with E-state index < -0.39 is 0 Å². The van der Waals surface area contributed by atoms with E-state index in [9.17, 15) is 0 Å². The van der Waals surface area contributed by atoms with Crippen LogP contribution in [0.3, 0.4) is 0 Å². The molecular weight excluding hydrogens is 382 g/mol. The number of rotatable bonds is 7. The maximum atomic E-state index is 4.75. The van der Waals surface area contributed by atoms with Gasteiger partial charge in [0.05, 0.1) is 12.2 Å². The van der Waals surface area contributed by atoms with E-state index in [0.29, 0.717) is 0 Å². The monoisotopic (exact) mass is 399 g/mol. The zero-order valence-corrected chi connectivity index (χ0v) is 16.7. The van der Waals surface area contributed by atoms with Gasteiger partial charge in [-0.25, -0.2) is 9.67 Å². The Labute approximate surface area is 164 Å². The van der Waals surface area contributed by atoms with Crippen LogP contribution in [0.4, 0.5) is 0 Å². The molecule has 4 aromatic rings. The minimum atomic E-state index is 0.766. The van der Waals surface area contributed by atoms with Crippen LogP contribution >= 0.6 is 34.4 Å². The van der Waals surface area contributed by atoms with Crippen molar-refractivity contribution in [2.24, 2.45) is 0 Å². The number of tetrazole rings is 1. The number of aryl methyl sites for hydroxylation is 3. The second-order valence-electron chi connectivity index (χ2n) is 5.81. The third-order valence-corrected chi connectivity index (χ3v) is 6.72. The summed E-state index contributed by atoms with van der Waals surface area (Å²) in [6, 6.07) is 12.7. The number of hydrogen-bond acceptors (Lipinski definition) is 7. The molecule has 0 saturated heterocycles. The van der Waals surface area contributed by atoms with Gasteiger partial charge in [-0.05, 0) is 28.8 Å². The van der Waals surface area contributed by atoms with Gasteiger partial charge in [-0.3, -0.25) is 0 Å². The lowest BCUT2D eigenvalue weighted by atomic mass is 10.2. The standard InChI is InChI=1S/C18H17N5S3/c1-13-4-6-14(7-5-13)17-19-15(11-25-17)12-26-18-20-21-22-23(18)9-8-16-3-2-10-24-16/h2-7,10-11H,8-9,12H2,1H3. The molecule has 0 aliphatic heterocycles. The van der Waals surface area contributed by atoms with Crippen LogP contribution in [0.2, 0.25) is 0 Å². The maximum absolute atomic E-state index is 4.75. The molecule has 132 valence electrons. The average molecular weight is 400 g/mol. The third-order valence-electron chi connectivity index (χ3n) is 3.85. The summed E-state index contributed by atoms with van der Waals surface area (Å²) in [5.41, 5.74) is 3.48. The molecule has 0 amide bonds. The highest BCUT2D eigenvalue weighted by Crippen LogP contribution is 2.27. The van der Waals surface area contributed by atoms with Crippen molar-refractivity contribution in [3.8, 4) is 10.6 Å². The van der Waals surface area contributed by atoms with Crippen molar-refractivity contribution >= 4 is 34.4 Å². The number of hydrogen-bond donors (Lipinski definition) is 0. The molecule has 0 saturated carbocycles. The van der Waals surface area contributed by atoms with E-state index in [4.69, 9.17) is 4.98 Å². The molecule has 0 unspecified atom stereocenters.